The molecule has 1 aliphatic carbocycles. The Hall–Kier alpha value is -3.49. The molecule has 0 aromatic heterocycles. The molecule has 1 heterocycles. The standard InChI is InChI=1S/C26H24F4N2O3/c1-15(16-7-5-4-6-8-16)32-19-13-24(2,3)14-20(33)21(19)25(23(32)35,26(28,29)30)31-22(34)17-9-11-18(27)12-10-17/h4-12,15H,13-14H2,1-3H3,(H,31,34)/t15-,25-/m1/s1. The number of allylic oxidation sites excluding steroid dienone is 1. The van der Waals surface area contributed by atoms with Crippen molar-refractivity contribution in [3.63, 3.8) is 0 Å². The SMILES string of the molecule is C[C@H](c1ccccc1)N1C(=O)[C@@](NC(=O)c2ccc(F)cc2)(C(F)(F)F)C2=C1CC(C)(C)CC2=O. The van der Waals surface area contributed by atoms with E-state index < -0.39 is 52.2 Å². The molecule has 35 heavy (non-hydrogen) atoms. The molecular weight excluding hydrogens is 464 g/mol. The van der Waals surface area contributed by atoms with Crippen molar-refractivity contribution in [2.24, 2.45) is 5.41 Å². The van der Waals surface area contributed by atoms with Gasteiger partial charge in [-0.15, -0.1) is 0 Å². The molecule has 1 aliphatic heterocycles. The summed E-state index contributed by atoms with van der Waals surface area (Å²) in [6.45, 7) is 5.07. The highest BCUT2D eigenvalue weighted by Crippen LogP contribution is 2.53. The fraction of sp³-hybridized carbons (Fsp3) is 0.346. The number of alkyl halides is 3. The molecule has 1 N–H and O–H groups in total. The minimum Gasteiger partial charge on any atom is -0.326 e. The Labute approximate surface area is 199 Å². The van der Waals surface area contributed by atoms with E-state index in [-0.39, 0.29) is 24.1 Å². The first-order chi connectivity index (χ1) is 16.3. The summed E-state index contributed by atoms with van der Waals surface area (Å²) >= 11 is 0. The molecule has 0 radical (unpaired) electrons. The number of benzene rings is 2. The van der Waals surface area contributed by atoms with Crippen LogP contribution in [0, 0.1) is 11.2 Å². The maximum atomic E-state index is 14.9. The Morgan fingerprint density at radius 3 is 2.17 bits per heavy atom. The number of carbonyl (C=O) groups is 3. The molecule has 2 atom stereocenters. The van der Waals surface area contributed by atoms with Crippen molar-refractivity contribution in [3.05, 3.63) is 82.8 Å². The van der Waals surface area contributed by atoms with E-state index in [0.29, 0.717) is 5.56 Å². The molecule has 184 valence electrons. The molecule has 2 aromatic carbocycles. The van der Waals surface area contributed by atoms with Gasteiger partial charge >= 0.3 is 6.18 Å². The predicted octanol–water partition coefficient (Wildman–Crippen LogP) is 5.10. The molecule has 0 saturated carbocycles. The van der Waals surface area contributed by atoms with Gasteiger partial charge in [0.2, 0.25) is 5.54 Å². The Balaban J connectivity index is 1.91. The third kappa shape index (κ3) is 4.02. The van der Waals surface area contributed by atoms with Crippen LogP contribution in [0.3, 0.4) is 0 Å². The van der Waals surface area contributed by atoms with E-state index >= 15 is 0 Å². The molecule has 5 nitrogen and oxygen atoms in total. The van der Waals surface area contributed by atoms with Gasteiger partial charge in [0, 0.05) is 17.7 Å². The van der Waals surface area contributed by atoms with Gasteiger partial charge in [0.15, 0.2) is 5.78 Å². The largest absolute Gasteiger partial charge is 0.425 e. The van der Waals surface area contributed by atoms with Crippen molar-refractivity contribution in [2.75, 3.05) is 0 Å². The van der Waals surface area contributed by atoms with Gasteiger partial charge in [0.05, 0.1) is 11.6 Å². The first kappa shape index (κ1) is 24.6. The van der Waals surface area contributed by atoms with Crippen LogP contribution in [0.1, 0.15) is 55.6 Å². The quantitative estimate of drug-likeness (QED) is 0.609. The topological polar surface area (TPSA) is 66.5 Å². The molecule has 0 bridgehead atoms. The molecular formula is C26H24F4N2O3. The van der Waals surface area contributed by atoms with Crippen LogP contribution < -0.4 is 5.32 Å². The molecule has 0 fully saturated rings. The van der Waals surface area contributed by atoms with E-state index in [0.717, 1.165) is 29.2 Å². The van der Waals surface area contributed by atoms with Crippen LogP contribution in [0.5, 0.6) is 0 Å². The number of halogens is 4. The monoisotopic (exact) mass is 488 g/mol. The first-order valence-corrected chi connectivity index (χ1v) is 11.1. The Kier molecular flexibility index (Phi) is 5.85. The predicted molar refractivity (Wildman–Crippen MR) is 119 cm³/mol. The first-order valence-electron chi connectivity index (χ1n) is 11.1. The number of hydrogen-bond donors (Lipinski definition) is 1. The summed E-state index contributed by atoms with van der Waals surface area (Å²) < 4.78 is 57.9. The van der Waals surface area contributed by atoms with Crippen molar-refractivity contribution in [1.82, 2.24) is 10.2 Å². The van der Waals surface area contributed by atoms with E-state index in [4.69, 9.17) is 0 Å². The molecule has 0 unspecified atom stereocenters. The maximum Gasteiger partial charge on any atom is 0.425 e. The Bertz CT molecular complexity index is 1220. The second-order valence-electron chi connectivity index (χ2n) is 9.73. The number of rotatable bonds is 4. The highest BCUT2D eigenvalue weighted by molar-refractivity contribution is 6.14. The van der Waals surface area contributed by atoms with Crippen molar-refractivity contribution in [2.45, 2.75) is 51.4 Å². The van der Waals surface area contributed by atoms with Crippen LogP contribution in [-0.2, 0) is 9.59 Å². The fourth-order valence-electron chi connectivity index (χ4n) is 4.91. The summed E-state index contributed by atoms with van der Waals surface area (Å²) in [5.74, 6) is -4.20. The van der Waals surface area contributed by atoms with Crippen molar-refractivity contribution < 1.29 is 31.9 Å². The summed E-state index contributed by atoms with van der Waals surface area (Å²) in [6.07, 6.45) is -5.49. The van der Waals surface area contributed by atoms with E-state index in [2.05, 4.69) is 0 Å². The minimum atomic E-state index is -5.32. The normalized spacial score (nSPS) is 22.8. The number of nitrogens with zero attached hydrogens (tertiary/aromatic N) is 1. The third-order valence-electron chi connectivity index (χ3n) is 6.56. The van der Waals surface area contributed by atoms with Crippen molar-refractivity contribution >= 4 is 17.6 Å². The second-order valence-corrected chi connectivity index (χ2v) is 9.73. The second kappa shape index (κ2) is 8.32. The van der Waals surface area contributed by atoms with Gasteiger partial charge in [0.1, 0.15) is 5.82 Å². The number of nitrogens with one attached hydrogen (secondary N) is 1. The van der Waals surface area contributed by atoms with Crippen LogP contribution in [0.25, 0.3) is 0 Å². The van der Waals surface area contributed by atoms with E-state index in [1.54, 1.807) is 51.1 Å². The Morgan fingerprint density at radius 1 is 1.00 bits per heavy atom. The van der Waals surface area contributed by atoms with Crippen LogP contribution in [0.15, 0.2) is 65.9 Å². The summed E-state index contributed by atoms with van der Waals surface area (Å²) in [5, 5.41) is 1.85. The summed E-state index contributed by atoms with van der Waals surface area (Å²) in [6, 6.07) is 11.5. The summed E-state index contributed by atoms with van der Waals surface area (Å²) in [7, 11) is 0. The molecule has 0 saturated heterocycles. The Morgan fingerprint density at radius 2 is 1.60 bits per heavy atom. The zero-order chi connectivity index (χ0) is 25.8. The highest BCUT2D eigenvalue weighted by atomic mass is 19.4. The number of amides is 2. The average Bonchev–Trinajstić information content (AvgIpc) is 3.01. The molecule has 4 rings (SSSR count). The number of carbonyl (C=O) groups excluding carboxylic acids is 3. The van der Waals surface area contributed by atoms with Crippen LogP contribution in [0.4, 0.5) is 17.6 Å². The van der Waals surface area contributed by atoms with Crippen LogP contribution in [-0.4, -0.2) is 34.2 Å². The lowest BCUT2D eigenvalue weighted by Crippen LogP contribution is -2.66. The van der Waals surface area contributed by atoms with Crippen LogP contribution in [0.2, 0.25) is 0 Å². The lowest BCUT2D eigenvalue weighted by atomic mass is 9.72. The van der Waals surface area contributed by atoms with Gasteiger partial charge in [0.25, 0.3) is 11.8 Å². The van der Waals surface area contributed by atoms with Crippen molar-refractivity contribution in [3.8, 4) is 0 Å². The zero-order valence-corrected chi connectivity index (χ0v) is 19.4. The lowest BCUT2D eigenvalue weighted by Gasteiger charge is -2.35. The average molecular weight is 488 g/mol. The van der Waals surface area contributed by atoms with Gasteiger partial charge in [-0.1, -0.05) is 44.2 Å². The molecule has 2 aromatic rings. The lowest BCUT2D eigenvalue weighted by molar-refractivity contribution is -0.191. The fourth-order valence-corrected chi connectivity index (χ4v) is 4.91. The van der Waals surface area contributed by atoms with Gasteiger partial charge in [-0.3, -0.25) is 14.4 Å². The van der Waals surface area contributed by atoms with Gasteiger partial charge in [-0.05, 0) is 48.6 Å². The molecule has 2 amide bonds. The number of Topliss-reactive ketones (excluding diaryl/α,β-unsaturated/α-hetero) is 1. The summed E-state index contributed by atoms with van der Waals surface area (Å²) in [4.78, 5) is 40.9. The highest BCUT2D eigenvalue weighted by Gasteiger charge is 2.72. The molecule has 2 aliphatic rings. The maximum absolute atomic E-state index is 14.9. The summed E-state index contributed by atoms with van der Waals surface area (Å²) in [5.41, 5.74) is -4.72. The number of hydrogen-bond acceptors (Lipinski definition) is 3. The van der Waals surface area contributed by atoms with Crippen LogP contribution >= 0.6 is 0 Å². The van der Waals surface area contributed by atoms with Gasteiger partial charge in [-0.2, -0.15) is 13.2 Å². The number of ketones is 1. The van der Waals surface area contributed by atoms with E-state index in [1.165, 1.54) is 0 Å². The smallest absolute Gasteiger partial charge is 0.326 e. The molecule has 9 heteroatoms. The van der Waals surface area contributed by atoms with E-state index in [1.807, 2.05) is 5.32 Å². The van der Waals surface area contributed by atoms with Gasteiger partial charge in [-0.25, -0.2) is 4.39 Å². The minimum absolute atomic E-state index is 0.0377. The van der Waals surface area contributed by atoms with Gasteiger partial charge < -0.3 is 10.2 Å². The third-order valence-corrected chi connectivity index (χ3v) is 6.56. The van der Waals surface area contributed by atoms with Crippen molar-refractivity contribution in [1.29, 1.82) is 0 Å². The molecule has 0 spiro atoms. The van der Waals surface area contributed by atoms with E-state index in [9.17, 15) is 31.9 Å². The zero-order valence-electron chi connectivity index (χ0n) is 19.4.